The molecular weight excluding hydrogens is 164 g/mol. The molecule has 1 aromatic heterocycles. The molecule has 0 bridgehead atoms. The van der Waals surface area contributed by atoms with Crippen LogP contribution in [-0.2, 0) is 5.41 Å². The molecule has 0 fully saturated rings. The number of rotatable bonds is 3. The van der Waals surface area contributed by atoms with Crippen LogP contribution >= 0.6 is 0 Å². The molecule has 1 atom stereocenters. The summed E-state index contributed by atoms with van der Waals surface area (Å²) >= 11 is 0. The van der Waals surface area contributed by atoms with Gasteiger partial charge in [-0.05, 0) is 18.6 Å². The summed E-state index contributed by atoms with van der Waals surface area (Å²) in [6.45, 7) is 4.34. The van der Waals surface area contributed by atoms with Crippen molar-refractivity contribution in [1.29, 1.82) is 0 Å². The summed E-state index contributed by atoms with van der Waals surface area (Å²) in [5, 5.41) is 9.20. The number of nitrogens with two attached hydrogens (primary N) is 1. The van der Waals surface area contributed by atoms with E-state index in [0.717, 1.165) is 11.3 Å². The maximum atomic E-state index is 9.20. The van der Waals surface area contributed by atoms with E-state index in [9.17, 15) is 5.11 Å². The van der Waals surface area contributed by atoms with E-state index in [1.54, 1.807) is 6.20 Å². The van der Waals surface area contributed by atoms with Crippen molar-refractivity contribution >= 4 is 0 Å². The highest BCUT2D eigenvalue weighted by Gasteiger charge is 2.23. The number of aryl methyl sites for hydroxylation is 1. The number of pyridine rings is 1. The van der Waals surface area contributed by atoms with Crippen LogP contribution in [0.2, 0.25) is 0 Å². The van der Waals surface area contributed by atoms with Crippen LogP contribution in [0.1, 0.15) is 18.2 Å². The monoisotopic (exact) mass is 180 g/mol. The van der Waals surface area contributed by atoms with Gasteiger partial charge in [0.05, 0.1) is 6.61 Å². The minimum Gasteiger partial charge on any atom is -0.395 e. The normalized spacial score (nSPS) is 15.4. The van der Waals surface area contributed by atoms with Gasteiger partial charge in [-0.3, -0.25) is 4.98 Å². The van der Waals surface area contributed by atoms with Gasteiger partial charge >= 0.3 is 0 Å². The van der Waals surface area contributed by atoms with Gasteiger partial charge in [-0.2, -0.15) is 0 Å². The molecule has 0 aliphatic rings. The fraction of sp³-hybridized carbons (Fsp3) is 0.500. The smallest absolute Gasteiger partial charge is 0.0538 e. The van der Waals surface area contributed by atoms with Crippen LogP contribution in [0.15, 0.2) is 18.3 Å². The lowest BCUT2D eigenvalue weighted by atomic mass is 9.84. The SMILES string of the molecule is Cc1ccc(C(C)(CN)CO)cn1. The Bertz CT molecular complexity index is 265. The molecule has 1 rings (SSSR count). The molecule has 0 saturated carbocycles. The predicted molar refractivity (Wildman–Crippen MR) is 52.5 cm³/mol. The summed E-state index contributed by atoms with van der Waals surface area (Å²) in [5.74, 6) is 0. The quantitative estimate of drug-likeness (QED) is 0.716. The Kier molecular flexibility index (Phi) is 3.01. The Morgan fingerprint density at radius 2 is 2.23 bits per heavy atom. The fourth-order valence-electron chi connectivity index (χ4n) is 1.10. The molecule has 0 radical (unpaired) electrons. The highest BCUT2D eigenvalue weighted by Crippen LogP contribution is 2.20. The van der Waals surface area contributed by atoms with Gasteiger partial charge in [-0.1, -0.05) is 13.0 Å². The van der Waals surface area contributed by atoms with Crippen molar-refractivity contribution in [2.24, 2.45) is 5.73 Å². The molecule has 1 aromatic rings. The Labute approximate surface area is 78.6 Å². The van der Waals surface area contributed by atoms with Crippen LogP contribution in [0.4, 0.5) is 0 Å². The van der Waals surface area contributed by atoms with E-state index in [4.69, 9.17) is 5.73 Å². The average molecular weight is 180 g/mol. The fourth-order valence-corrected chi connectivity index (χ4v) is 1.10. The molecule has 13 heavy (non-hydrogen) atoms. The number of aliphatic hydroxyl groups excluding tert-OH is 1. The van der Waals surface area contributed by atoms with Crippen LogP contribution in [0.5, 0.6) is 0 Å². The molecule has 0 aliphatic heterocycles. The van der Waals surface area contributed by atoms with E-state index in [1.807, 2.05) is 26.0 Å². The van der Waals surface area contributed by atoms with Crippen LogP contribution < -0.4 is 5.73 Å². The van der Waals surface area contributed by atoms with Crippen LogP contribution in [0.25, 0.3) is 0 Å². The van der Waals surface area contributed by atoms with E-state index in [-0.39, 0.29) is 12.0 Å². The number of nitrogens with zero attached hydrogens (tertiary/aromatic N) is 1. The number of hydrogen-bond acceptors (Lipinski definition) is 3. The van der Waals surface area contributed by atoms with Gasteiger partial charge in [0.15, 0.2) is 0 Å². The lowest BCUT2D eigenvalue weighted by Gasteiger charge is -2.25. The minimum atomic E-state index is -0.360. The Morgan fingerprint density at radius 3 is 2.62 bits per heavy atom. The summed E-state index contributed by atoms with van der Waals surface area (Å²) in [4.78, 5) is 4.17. The second kappa shape index (κ2) is 3.85. The van der Waals surface area contributed by atoms with Crippen molar-refractivity contribution in [2.45, 2.75) is 19.3 Å². The van der Waals surface area contributed by atoms with Gasteiger partial charge < -0.3 is 10.8 Å². The van der Waals surface area contributed by atoms with Gasteiger partial charge in [0.2, 0.25) is 0 Å². The maximum Gasteiger partial charge on any atom is 0.0538 e. The van der Waals surface area contributed by atoms with Crippen LogP contribution in [0, 0.1) is 6.92 Å². The first kappa shape index (κ1) is 10.2. The zero-order chi connectivity index (χ0) is 9.90. The van der Waals surface area contributed by atoms with Gasteiger partial charge in [0.25, 0.3) is 0 Å². The van der Waals surface area contributed by atoms with Crippen LogP contribution in [0.3, 0.4) is 0 Å². The lowest BCUT2D eigenvalue weighted by molar-refractivity contribution is 0.210. The molecular formula is C10H16N2O. The number of aromatic nitrogens is 1. The van der Waals surface area contributed by atoms with E-state index < -0.39 is 0 Å². The predicted octanol–water partition coefficient (Wildman–Crippen LogP) is 0.599. The zero-order valence-electron chi connectivity index (χ0n) is 8.12. The Balaban J connectivity index is 2.99. The van der Waals surface area contributed by atoms with Crippen molar-refractivity contribution in [2.75, 3.05) is 13.2 Å². The molecule has 3 nitrogen and oxygen atoms in total. The molecule has 1 heterocycles. The van der Waals surface area contributed by atoms with E-state index in [0.29, 0.717) is 6.54 Å². The standard InChI is InChI=1S/C10H16N2O/c1-8-3-4-9(5-12-8)10(2,6-11)7-13/h3-5,13H,6-7,11H2,1-2H3. The highest BCUT2D eigenvalue weighted by atomic mass is 16.3. The molecule has 0 amide bonds. The second-order valence-corrected chi connectivity index (χ2v) is 3.61. The van der Waals surface area contributed by atoms with Gasteiger partial charge in [0.1, 0.15) is 0 Å². The second-order valence-electron chi connectivity index (χ2n) is 3.61. The van der Waals surface area contributed by atoms with Crippen LogP contribution in [-0.4, -0.2) is 23.2 Å². The summed E-state index contributed by atoms with van der Waals surface area (Å²) in [6.07, 6.45) is 1.78. The third-order valence-electron chi connectivity index (χ3n) is 2.41. The van der Waals surface area contributed by atoms with E-state index in [1.165, 1.54) is 0 Å². The first-order chi connectivity index (χ1) is 6.12. The zero-order valence-corrected chi connectivity index (χ0v) is 8.12. The summed E-state index contributed by atoms with van der Waals surface area (Å²) in [7, 11) is 0. The van der Waals surface area contributed by atoms with Crippen molar-refractivity contribution in [3.8, 4) is 0 Å². The molecule has 1 unspecified atom stereocenters. The summed E-state index contributed by atoms with van der Waals surface area (Å²) in [6, 6.07) is 3.89. The minimum absolute atomic E-state index is 0.0498. The topological polar surface area (TPSA) is 59.1 Å². The van der Waals surface area contributed by atoms with Crippen molar-refractivity contribution in [1.82, 2.24) is 4.98 Å². The van der Waals surface area contributed by atoms with E-state index >= 15 is 0 Å². The van der Waals surface area contributed by atoms with Crippen molar-refractivity contribution < 1.29 is 5.11 Å². The molecule has 3 N–H and O–H groups in total. The third kappa shape index (κ3) is 2.05. The Morgan fingerprint density at radius 1 is 1.54 bits per heavy atom. The summed E-state index contributed by atoms with van der Waals surface area (Å²) < 4.78 is 0. The maximum absolute atomic E-state index is 9.20. The van der Waals surface area contributed by atoms with Gasteiger partial charge in [-0.15, -0.1) is 0 Å². The molecule has 3 heteroatoms. The largest absolute Gasteiger partial charge is 0.395 e. The molecule has 0 spiro atoms. The molecule has 0 aliphatic carbocycles. The average Bonchev–Trinajstić information content (AvgIpc) is 2.18. The third-order valence-corrected chi connectivity index (χ3v) is 2.41. The first-order valence-corrected chi connectivity index (χ1v) is 4.36. The first-order valence-electron chi connectivity index (χ1n) is 4.36. The Hall–Kier alpha value is -0.930. The molecule has 0 aromatic carbocycles. The highest BCUT2D eigenvalue weighted by molar-refractivity contribution is 5.23. The number of aliphatic hydroxyl groups is 1. The van der Waals surface area contributed by atoms with Gasteiger partial charge in [0, 0.05) is 23.9 Å². The van der Waals surface area contributed by atoms with Crippen molar-refractivity contribution in [3.63, 3.8) is 0 Å². The van der Waals surface area contributed by atoms with Crippen molar-refractivity contribution in [3.05, 3.63) is 29.6 Å². The number of hydrogen-bond donors (Lipinski definition) is 2. The summed E-state index contributed by atoms with van der Waals surface area (Å²) in [5.41, 5.74) is 7.20. The molecule has 0 saturated heterocycles. The van der Waals surface area contributed by atoms with Gasteiger partial charge in [-0.25, -0.2) is 0 Å². The van der Waals surface area contributed by atoms with E-state index in [2.05, 4.69) is 4.98 Å². The lowest BCUT2D eigenvalue weighted by Crippen LogP contribution is -2.35. The molecule has 72 valence electrons.